The Kier molecular flexibility index (Phi) is 12.3. The molecule has 1 saturated carbocycles. The molecule has 2 fully saturated rings. The van der Waals surface area contributed by atoms with Crippen LogP contribution in [0.3, 0.4) is 0 Å². The number of anilines is 3. The first-order valence-corrected chi connectivity index (χ1v) is 25.3. The fourth-order valence-electron chi connectivity index (χ4n) is 8.44. The number of rotatable bonds is 16. The van der Waals surface area contributed by atoms with Gasteiger partial charge in [0.25, 0.3) is 15.9 Å². The number of aromatic nitrogens is 5. The van der Waals surface area contributed by atoms with E-state index in [2.05, 4.69) is 50.1 Å². The van der Waals surface area contributed by atoms with Gasteiger partial charge < -0.3 is 30.3 Å². The highest BCUT2D eigenvalue weighted by molar-refractivity contribution is 7.94. The Bertz CT molecular complexity index is 3210. The van der Waals surface area contributed by atoms with Crippen LogP contribution in [-0.2, 0) is 38.0 Å². The number of thiophene rings is 1. The summed E-state index contributed by atoms with van der Waals surface area (Å²) in [6.45, 7) is 5.05. The van der Waals surface area contributed by atoms with Crippen LogP contribution in [-0.4, -0.2) is 88.2 Å². The number of hydrogen-bond donors (Lipinski definition) is 4. The van der Waals surface area contributed by atoms with Gasteiger partial charge in [0.15, 0.2) is 16.6 Å². The number of nitrogens with one attached hydrogen (secondary N) is 4. The lowest BCUT2D eigenvalue weighted by atomic mass is 9.94. The molecular formula is C47H44F2N10O7S3. The van der Waals surface area contributed by atoms with Crippen LogP contribution >= 0.6 is 22.7 Å². The van der Waals surface area contributed by atoms with Gasteiger partial charge in [0, 0.05) is 36.3 Å². The van der Waals surface area contributed by atoms with Crippen LogP contribution in [0, 0.1) is 12.8 Å². The molecule has 0 unspecified atom stereocenters. The summed E-state index contributed by atoms with van der Waals surface area (Å²) in [5, 5.41) is 15.4. The van der Waals surface area contributed by atoms with Gasteiger partial charge in [0.05, 0.1) is 23.9 Å². The number of fused-ring (bicyclic) bond motifs is 2. The molecule has 1 aliphatic carbocycles. The summed E-state index contributed by atoms with van der Waals surface area (Å²) in [5.41, 5.74) is 3.83. The number of amides is 3. The fourth-order valence-corrected chi connectivity index (χ4v) is 11.3. The first-order chi connectivity index (χ1) is 33.2. The van der Waals surface area contributed by atoms with Crippen LogP contribution < -0.4 is 30.1 Å². The summed E-state index contributed by atoms with van der Waals surface area (Å²) in [6.07, 6.45) is 3.30. The molecule has 2 aromatic carbocycles. The van der Waals surface area contributed by atoms with E-state index in [-0.39, 0.29) is 45.2 Å². The Balaban J connectivity index is 0.663. The second kappa shape index (κ2) is 18.6. The molecule has 356 valence electrons. The molecule has 0 bridgehead atoms. The molecule has 7 aromatic rings. The standard InChI is InChI=1S/C47H44F2N10O7S3/c1-28-7-11-37(55-44(62)46(16-17-46)33-8-10-35-36(25-33)66-47(48,49)65-35)53-40(28)31-4-2-5-32(24-31)41(60)50-18-22-59-27-29(26-51-59)13-19-58-20-14-30(15-21-58)42(61)56-45-52-34-9-12-38(54-43(34)68-45)57-69(63,64)39-6-3-23-67-39/h2-12,23-27,30H,13-22H2,1H3,(H,50,60)(H,54,57)(H,52,56,61)(H,53,55,62). The quantitative estimate of drug-likeness (QED) is 0.0745. The van der Waals surface area contributed by atoms with Gasteiger partial charge in [-0.1, -0.05) is 41.7 Å². The zero-order valence-corrected chi connectivity index (χ0v) is 39.4. The summed E-state index contributed by atoms with van der Waals surface area (Å²) in [5.74, 6) is -0.541. The average molecular weight is 995 g/mol. The van der Waals surface area contributed by atoms with E-state index in [1.807, 2.05) is 31.5 Å². The topological polar surface area (TPSA) is 212 Å². The van der Waals surface area contributed by atoms with E-state index in [4.69, 9.17) is 4.98 Å². The lowest BCUT2D eigenvalue weighted by Gasteiger charge is -2.30. The number of alkyl halides is 2. The normalized spacial score (nSPS) is 16.3. The molecule has 0 spiro atoms. The Morgan fingerprint density at radius 3 is 2.49 bits per heavy atom. The number of sulfonamides is 1. The maximum Gasteiger partial charge on any atom is 0.586 e. The number of thiazole rings is 1. The van der Waals surface area contributed by atoms with E-state index in [9.17, 15) is 31.6 Å². The molecule has 17 nitrogen and oxygen atoms in total. The van der Waals surface area contributed by atoms with E-state index in [0.717, 1.165) is 48.5 Å². The second-order valence-electron chi connectivity index (χ2n) is 17.1. The maximum atomic E-state index is 13.6. The number of nitrogens with zero attached hydrogens (tertiary/aromatic N) is 6. The highest BCUT2D eigenvalue weighted by Crippen LogP contribution is 2.52. The minimum Gasteiger partial charge on any atom is -0.395 e. The summed E-state index contributed by atoms with van der Waals surface area (Å²) in [4.78, 5) is 56.6. The van der Waals surface area contributed by atoms with Gasteiger partial charge in [-0.3, -0.25) is 23.8 Å². The van der Waals surface area contributed by atoms with Gasteiger partial charge in [0.2, 0.25) is 11.8 Å². The van der Waals surface area contributed by atoms with Crippen LogP contribution in [0.5, 0.6) is 11.5 Å². The average Bonchev–Trinajstić information content (AvgIpc) is 3.71. The maximum absolute atomic E-state index is 13.6. The zero-order valence-electron chi connectivity index (χ0n) is 36.9. The number of ether oxygens (including phenoxy) is 2. The molecule has 69 heavy (non-hydrogen) atoms. The summed E-state index contributed by atoms with van der Waals surface area (Å²) >= 11 is 2.31. The fraction of sp³-hybridized carbons (Fsp3) is 0.298. The predicted octanol–water partition coefficient (Wildman–Crippen LogP) is 7.44. The number of hydrogen-bond acceptors (Lipinski definition) is 14. The van der Waals surface area contributed by atoms with Crippen molar-refractivity contribution in [3.63, 3.8) is 0 Å². The Labute approximate surface area is 402 Å². The third kappa shape index (κ3) is 10.1. The molecule has 0 atom stereocenters. The number of pyridine rings is 2. The Morgan fingerprint density at radius 1 is 0.884 bits per heavy atom. The van der Waals surface area contributed by atoms with Crippen molar-refractivity contribution in [2.24, 2.45) is 5.92 Å². The minimum atomic E-state index is -3.75. The third-order valence-corrected chi connectivity index (χ3v) is 16.0. The molecule has 0 radical (unpaired) electrons. The van der Waals surface area contributed by atoms with Crippen LogP contribution in [0.4, 0.5) is 25.5 Å². The molecule has 2 aliphatic heterocycles. The monoisotopic (exact) mass is 994 g/mol. The molecule has 10 rings (SSSR count). The third-order valence-electron chi connectivity index (χ3n) is 12.3. The SMILES string of the molecule is Cc1ccc(NC(=O)C2(c3ccc4c(c3)OC(F)(F)O4)CC2)nc1-c1cccc(C(=O)NCCn2cc(CCN3CCC(C(=O)Nc4nc5ccc(NS(=O)(=O)c6cccs6)nc5s4)CC3)cn2)c1. The molecule has 4 N–H and O–H groups in total. The van der Waals surface area contributed by atoms with Crippen molar-refractivity contribution in [2.75, 3.05) is 41.5 Å². The van der Waals surface area contributed by atoms with Crippen molar-refractivity contribution in [2.45, 2.75) is 61.5 Å². The zero-order chi connectivity index (χ0) is 47.9. The van der Waals surface area contributed by atoms with Crippen molar-refractivity contribution in [1.29, 1.82) is 0 Å². The number of piperidine rings is 1. The van der Waals surface area contributed by atoms with E-state index in [0.29, 0.717) is 82.5 Å². The summed E-state index contributed by atoms with van der Waals surface area (Å²) in [6, 6.07) is 21.4. The molecule has 5 aromatic heterocycles. The van der Waals surface area contributed by atoms with Crippen LogP contribution in [0.1, 0.15) is 52.7 Å². The molecule has 3 aliphatic rings. The van der Waals surface area contributed by atoms with E-state index >= 15 is 0 Å². The second-order valence-corrected chi connectivity index (χ2v) is 20.9. The van der Waals surface area contributed by atoms with Crippen molar-refractivity contribution >= 4 is 77.5 Å². The highest BCUT2D eigenvalue weighted by atomic mass is 32.2. The van der Waals surface area contributed by atoms with E-state index in [1.165, 1.54) is 29.5 Å². The van der Waals surface area contributed by atoms with Crippen molar-refractivity contribution in [1.82, 2.24) is 34.9 Å². The number of carbonyl (C=O) groups excluding carboxylic acids is 3. The summed E-state index contributed by atoms with van der Waals surface area (Å²) < 4.78 is 66.1. The number of halogens is 2. The van der Waals surface area contributed by atoms with Crippen LogP contribution in [0.15, 0.2) is 101 Å². The van der Waals surface area contributed by atoms with Crippen LogP contribution in [0.25, 0.3) is 21.6 Å². The minimum absolute atomic E-state index is 0.0842. The van der Waals surface area contributed by atoms with Gasteiger partial charge in [-0.2, -0.15) is 5.10 Å². The smallest absolute Gasteiger partial charge is 0.395 e. The molecule has 3 amide bonds. The van der Waals surface area contributed by atoms with Gasteiger partial charge >= 0.3 is 6.29 Å². The largest absolute Gasteiger partial charge is 0.586 e. The van der Waals surface area contributed by atoms with Crippen molar-refractivity contribution in [3.8, 4) is 22.8 Å². The van der Waals surface area contributed by atoms with Crippen LogP contribution in [0.2, 0.25) is 0 Å². The Hall–Kier alpha value is -6.88. The lowest BCUT2D eigenvalue weighted by molar-refractivity contribution is -0.286. The summed E-state index contributed by atoms with van der Waals surface area (Å²) in [7, 11) is -3.74. The Morgan fingerprint density at radius 2 is 1.70 bits per heavy atom. The molecular weight excluding hydrogens is 951 g/mol. The highest BCUT2D eigenvalue weighted by Gasteiger charge is 2.53. The van der Waals surface area contributed by atoms with Gasteiger partial charge in [-0.05, 0) is 123 Å². The van der Waals surface area contributed by atoms with E-state index in [1.54, 1.807) is 58.6 Å². The first-order valence-electron chi connectivity index (χ1n) is 22.2. The van der Waals surface area contributed by atoms with Gasteiger partial charge in [-0.15, -0.1) is 20.1 Å². The van der Waals surface area contributed by atoms with Gasteiger partial charge in [-0.25, -0.2) is 23.4 Å². The number of likely N-dealkylation sites (tertiary alicyclic amines) is 1. The van der Waals surface area contributed by atoms with Gasteiger partial charge in [0.1, 0.15) is 26.2 Å². The number of aryl methyl sites for hydroxylation is 1. The molecule has 7 heterocycles. The molecule has 22 heteroatoms. The predicted molar refractivity (Wildman–Crippen MR) is 255 cm³/mol. The van der Waals surface area contributed by atoms with Crippen molar-refractivity contribution in [3.05, 3.63) is 119 Å². The number of carbonyl (C=O) groups is 3. The number of benzene rings is 2. The molecule has 1 saturated heterocycles. The van der Waals surface area contributed by atoms with Crippen molar-refractivity contribution < 1.29 is 41.1 Å². The lowest BCUT2D eigenvalue weighted by Crippen LogP contribution is -2.39. The van der Waals surface area contributed by atoms with E-state index < -0.39 is 21.7 Å². The first kappa shape index (κ1) is 45.9.